The van der Waals surface area contributed by atoms with E-state index in [0.717, 1.165) is 4.88 Å². The smallest absolute Gasteiger partial charge is 0.274 e. The summed E-state index contributed by atoms with van der Waals surface area (Å²) >= 11 is 2.68. The Morgan fingerprint density at radius 2 is 2.30 bits per heavy atom. The third-order valence-corrected chi connectivity index (χ3v) is 4.83. The molecule has 0 saturated carbocycles. The number of ether oxygens (including phenoxy) is 1. The van der Waals surface area contributed by atoms with E-state index in [0.29, 0.717) is 21.1 Å². The van der Waals surface area contributed by atoms with Gasteiger partial charge in [-0.3, -0.25) is 14.9 Å². The number of thiazole rings is 1. The van der Waals surface area contributed by atoms with Gasteiger partial charge in [-0.15, -0.1) is 11.3 Å². The number of aromatic nitrogens is 1. The van der Waals surface area contributed by atoms with Crippen LogP contribution in [0.25, 0.3) is 10.2 Å². The minimum atomic E-state index is -0.489. The highest BCUT2D eigenvalue weighted by Crippen LogP contribution is 2.36. The van der Waals surface area contributed by atoms with Crippen LogP contribution in [0.15, 0.2) is 29.6 Å². The predicted octanol–water partition coefficient (Wildman–Crippen LogP) is 3.46. The highest BCUT2D eigenvalue weighted by Gasteiger charge is 2.17. The fourth-order valence-corrected chi connectivity index (χ4v) is 3.67. The van der Waals surface area contributed by atoms with Gasteiger partial charge in [0.05, 0.1) is 29.2 Å². The molecule has 1 aromatic carbocycles. The first-order valence-electron chi connectivity index (χ1n) is 6.52. The van der Waals surface area contributed by atoms with Crippen molar-refractivity contribution in [1.82, 2.24) is 4.98 Å². The normalized spacial score (nSPS) is 10.7. The van der Waals surface area contributed by atoms with E-state index in [1.54, 1.807) is 0 Å². The topological polar surface area (TPSA) is 94.4 Å². The van der Waals surface area contributed by atoms with Crippen LogP contribution in [0.5, 0.6) is 5.75 Å². The van der Waals surface area contributed by atoms with Crippen LogP contribution in [0.3, 0.4) is 0 Å². The van der Waals surface area contributed by atoms with Crippen LogP contribution in [-0.4, -0.2) is 22.9 Å². The first kappa shape index (κ1) is 15.4. The van der Waals surface area contributed by atoms with E-state index in [1.807, 2.05) is 17.5 Å². The summed E-state index contributed by atoms with van der Waals surface area (Å²) in [5.74, 6) is 0.129. The lowest BCUT2D eigenvalue weighted by Crippen LogP contribution is -2.13. The molecule has 3 rings (SSSR count). The van der Waals surface area contributed by atoms with Crippen molar-refractivity contribution in [1.29, 1.82) is 0 Å². The SMILES string of the molecule is COc1cc([N+](=O)[O-])cc2sc(NC(=O)Cc3cccs3)nc12. The van der Waals surface area contributed by atoms with Gasteiger partial charge in [0.15, 0.2) is 10.9 Å². The molecule has 0 saturated heterocycles. The molecule has 0 unspecified atom stereocenters. The lowest BCUT2D eigenvalue weighted by Gasteiger charge is -2.00. The van der Waals surface area contributed by atoms with Crippen LogP contribution >= 0.6 is 22.7 Å². The maximum Gasteiger partial charge on any atom is 0.274 e. The Labute approximate surface area is 138 Å². The molecule has 7 nitrogen and oxygen atoms in total. The minimum absolute atomic E-state index is 0.0746. The molecule has 0 atom stereocenters. The molecule has 118 valence electrons. The molecule has 0 bridgehead atoms. The highest BCUT2D eigenvalue weighted by atomic mass is 32.1. The number of nitrogens with zero attached hydrogens (tertiary/aromatic N) is 2. The number of carbonyl (C=O) groups is 1. The van der Waals surface area contributed by atoms with Crippen LogP contribution in [0.2, 0.25) is 0 Å². The zero-order valence-corrected chi connectivity index (χ0v) is 13.6. The van der Waals surface area contributed by atoms with Crippen molar-refractivity contribution in [3.05, 3.63) is 44.6 Å². The number of fused-ring (bicyclic) bond motifs is 1. The second-order valence-electron chi connectivity index (χ2n) is 4.58. The largest absolute Gasteiger partial charge is 0.494 e. The van der Waals surface area contributed by atoms with Crippen LogP contribution in [0, 0.1) is 10.1 Å². The molecule has 0 spiro atoms. The molecule has 9 heteroatoms. The number of nitro benzene ring substituents is 1. The molecule has 0 aliphatic heterocycles. The van der Waals surface area contributed by atoms with Crippen LogP contribution in [0.1, 0.15) is 4.88 Å². The van der Waals surface area contributed by atoms with E-state index in [4.69, 9.17) is 4.74 Å². The molecule has 1 N–H and O–H groups in total. The summed E-state index contributed by atoms with van der Waals surface area (Å²) in [7, 11) is 1.42. The number of nitrogens with one attached hydrogen (secondary N) is 1. The Bertz CT molecular complexity index is 874. The van der Waals surface area contributed by atoms with Crippen LogP contribution in [0.4, 0.5) is 10.8 Å². The summed E-state index contributed by atoms with van der Waals surface area (Å²) in [5.41, 5.74) is 0.420. The first-order chi connectivity index (χ1) is 11.1. The highest BCUT2D eigenvalue weighted by molar-refractivity contribution is 7.22. The monoisotopic (exact) mass is 349 g/mol. The molecular formula is C14H11N3O4S2. The van der Waals surface area contributed by atoms with Gasteiger partial charge in [-0.1, -0.05) is 17.4 Å². The Hall–Kier alpha value is -2.52. The third kappa shape index (κ3) is 3.30. The number of hydrogen-bond donors (Lipinski definition) is 1. The third-order valence-electron chi connectivity index (χ3n) is 3.04. The summed E-state index contributed by atoms with van der Waals surface area (Å²) in [6.45, 7) is 0. The Morgan fingerprint density at radius 3 is 2.96 bits per heavy atom. The van der Waals surface area contributed by atoms with Gasteiger partial charge in [0.1, 0.15) is 5.52 Å². The molecule has 2 heterocycles. The fourth-order valence-electron chi connectivity index (χ4n) is 2.03. The van der Waals surface area contributed by atoms with Gasteiger partial charge in [0.2, 0.25) is 5.91 Å². The summed E-state index contributed by atoms with van der Waals surface area (Å²) in [6.07, 6.45) is 0.269. The average molecular weight is 349 g/mol. The van der Waals surface area contributed by atoms with E-state index >= 15 is 0 Å². The average Bonchev–Trinajstić information content (AvgIpc) is 3.14. The molecule has 0 radical (unpaired) electrons. The number of methoxy groups -OCH3 is 1. The van der Waals surface area contributed by atoms with Crippen molar-refractivity contribution in [2.45, 2.75) is 6.42 Å². The number of nitro groups is 1. The molecule has 23 heavy (non-hydrogen) atoms. The maximum absolute atomic E-state index is 12.0. The second-order valence-corrected chi connectivity index (χ2v) is 6.64. The number of amides is 1. The van der Waals surface area contributed by atoms with Gasteiger partial charge >= 0.3 is 0 Å². The number of hydrogen-bond acceptors (Lipinski definition) is 7. The molecule has 0 aliphatic rings. The van der Waals surface area contributed by atoms with Crippen molar-refractivity contribution in [2.75, 3.05) is 12.4 Å². The zero-order valence-electron chi connectivity index (χ0n) is 11.9. The standard InChI is InChI=1S/C14H11N3O4S2/c1-21-10-5-8(17(19)20)6-11-13(10)16-14(23-11)15-12(18)7-9-3-2-4-22-9/h2-6H,7H2,1H3,(H,15,16,18). The summed E-state index contributed by atoms with van der Waals surface area (Å²) in [4.78, 5) is 27.7. The molecule has 0 aliphatic carbocycles. The number of anilines is 1. The number of carbonyl (C=O) groups excluding carboxylic acids is 1. The number of rotatable bonds is 5. The first-order valence-corrected chi connectivity index (χ1v) is 8.21. The van der Waals surface area contributed by atoms with Crippen LogP contribution in [-0.2, 0) is 11.2 Å². The van der Waals surface area contributed by atoms with Gasteiger partial charge in [0, 0.05) is 10.9 Å². The Balaban J connectivity index is 1.87. The molecule has 1 amide bonds. The molecule has 3 aromatic rings. The van der Waals surface area contributed by atoms with E-state index in [1.165, 1.54) is 41.9 Å². The van der Waals surface area contributed by atoms with Crippen molar-refractivity contribution in [2.24, 2.45) is 0 Å². The van der Waals surface area contributed by atoms with Gasteiger partial charge in [-0.25, -0.2) is 4.98 Å². The maximum atomic E-state index is 12.0. The van der Waals surface area contributed by atoms with E-state index in [9.17, 15) is 14.9 Å². The van der Waals surface area contributed by atoms with Gasteiger partial charge < -0.3 is 10.1 Å². The molecule has 2 aromatic heterocycles. The van der Waals surface area contributed by atoms with Crippen molar-refractivity contribution in [3.63, 3.8) is 0 Å². The Morgan fingerprint density at radius 1 is 1.48 bits per heavy atom. The van der Waals surface area contributed by atoms with Crippen LogP contribution < -0.4 is 10.1 Å². The Kier molecular flexibility index (Phi) is 4.22. The fraction of sp³-hybridized carbons (Fsp3) is 0.143. The quantitative estimate of drug-likeness (QED) is 0.562. The van der Waals surface area contributed by atoms with Gasteiger partial charge in [-0.2, -0.15) is 0 Å². The van der Waals surface area contributed by atoms with Gasteiger partial charge in [-0.05, 0) is 11.4 Å². The van der Waals surface area contributed by atoms with Crippen molar-refractivity contribution >= 4 is 49.6 Å². The van der Waals surface area contributed by atoms with E-state index < -0.39 is 4.92 Å². The summed E-state index contributed by atoms with van der Waals surface area (Å²) in [6, 6.07) is 6.51. The lowest BCUT2D eigenvalue weighted by molar-refractivity contribution is -0.384. The number of benzene rings is 1. The second kappa shape index (κ2) is 6.31. The van der Waals surface area contributed by atoms with E-state index in [-0.39, 0.29) is 18.0 Å². The van der Waals surface area contributed by atoms with Crippen molar-refractivity contribution in [3.8, 4) is 5.75 Å². The molecular weight excluding hydrogens is 338 g/mol. The minimum Gasteiger partial charge on any atom is -0.494 e. The predicted molar refractivity (Wildman–Crippen MR) is 89.5 cm³/mol. The number of thiophene rings is 1. The number of non-ortho nitro benzene ring substituents is 1. The molecule has 0 fully saturated rings. The van der Waals surface area contributed by atoms with Crippen molar-refractivity contribution < 1.29 is 14.5 Å². The zero-order chi connectivity index (χ0) is 16.4. The summed E-state index contributed by atoms with van der Waals surface area (Å²) < 4.78 is 5.74. The summed E-state index contributed by atoms with van der Waals surface area (Å²) in [5, 5.41) is 16.0. The van der Waals surface area contributed by atoms with E-state index in [2.05, 4.69) is 10.3 Å². The van der Waals surface area contributed by atoms with Gasteiger partial charge in [0.25, 0.3) is 5.69 Å². The lowest BCUT2D eigenvalue weighted by atomic mass is 10.3.